The van der Waals surface area contributed by atoms with Gasteiger partial charge >= 0.3 is 11.9 Å². The highest BCUT2D eigenvalue weighted by Crippen LogP contribution is 1.92. The van der Waals surface area contributed by atoms with Crippen molar-refractivity contribution >= 4 is 11.9 Å². The largest absolute Gasteiger partial charge is 0.481 e. The van der Waals surface area contributed by atoms with Crippen molar-refractivity contribution in [2.45, 2.75) is 12.5 Å². The monoisotopic (exact) mass is 191 g/mol. The number of carboxylic acids is 1. The van der Waals surface area contributed by atoms with Crippen molar-refractivity contribution in [1.29, 1.82) is 0 Å². The van der Waals surface area contributed by atoms with Gasteiger partial charge in [-0.2, -0.15) is 0 Å². The number of carboxylic acid groups (broad SMARTS) is 1. The van der Waals surface area contributed by atoms with E-state index in [1.807, 2.05) is 0 Å². The lowest BCUT2D eigenvalue weighted by molar-refractivity contribution is -0.150. The number of hydrogen-bond acceptors (Lipinski definition) is 5. The molecule has 0 aliphatic heterocycles. The van der Waals surface area contributed by atoms with Crippen LogP contribution >= 0.6 is 0 Å². The van der Waals surface area contributed by atoms with Crippen LogP contribution in [0, 0.1) is 0 Å². The molecule has 0 aromatic rings. The van der Waals surface area contributed by atoms with Gasteiger partial charge in [-0.1, -0.05) is 0 Å². The molecule has 0 aliphatic carbocycles. The minimum Gasteiger partial charge on any atom is -0.481 e. The second kappa shape index (κ2) is 6.38. The molecule has 6 heteroatoms. The molecule has 0 radical (unpaired) electrons. The minimum absolute atomic E-state index is 0.0860. The summed E-state index contributed by atoms with van der Waals surface area (Å²) in [6, 6.07) is -1.10. The molecular weight excluding hydrogens is 178 g/mol. The summed E-state index contributed by atoms with van der Waals surface area (Å²) in [6.45, 7) is 0.355. The van der Waals surface area contributed by atoms with Crippen LogP contribution in [-0.2, 0) is 19.1 Å². The lowest BCUT2D eigenvalue weighted by Crippen LogP contribution is -2.35. The van der Waals surface area contributed by atoms with Crippen LogP contribution in [0.5, 0.6) is 0 Å². The standard InChI is InChI=1S/C7H13NO5/c1-12-2-3-13-7(11)5(8)4-6(9)10/h5H,2-4,8H2,1H3,(H,9,10)/t5-/m0/s1. The zero-order chi connectivity index (χ0) is 10.3. The summed E-state index contributed by atoms with van der Waals surface area (Å²) in [5.41, 5.74) is 5.20. The number of methoxy groups -OCH3 is 1. The molecule has 76 valence electrons. The molecule has 0 unspecified atom stereocenters. The molecule has 0 aromatic heterocycles. The van der Waals surface area contributed by atoms with E-state index in [0.29, 0.717) is 0 Å². The molecule has 3 N–H and O–H groups in total. The van der Waals surface area contributed by atoms with Gasteiger partial charge in [-0.05, 0) is 0 Å². The van der Waals surface area contributed by atoms with E-state index in [9.17, 15) is 9.59 Å². The second-order valence-corrected chi connectivity index (χ2v) is 2.36. The number of aliphatic carboxylic acids is 1. The summed E-state index contributed by atoms with van der Waals surface area (Å²) >= 11 is 0. The Bertz CT molecular complexity index is 182. The number of carbonyl (C=O) groups is 2. The predicted octanol–water partition coefficient (Wildman–Crippen LogP) is -1.02. The molecule has 0 bridgehead atoms. The molecule has 6 nitrogen and oxygen atoms in total. The number of ether oxygens (including phenoxy) is 2. The Hall–Kier alpha value is -1.14. The molecule has 0 saturated carbocycles. The number of nitrogens with two attached hydrogens (primary N) is 1. The smallest absolute Gasteiger partial charge is 0.323 e. The van der Waals surface area contributed by atoms with E-state index in [-0.39, 0.29) is 13.2 Å². The van der Waals surface area contributed by atoms with Crippen LogP contribution in [0.15, 0.2) is 0 Å². The number of rotatable bonds is 6. The highest BCUT2D eigenvalue weighted by molar-refractivity contribution is 5.81. The molecule has 0 spiro atoms. The molecule has 0 saturated heterocycles. The maximum absolute atomic E-state index is 10.9. The van der Waals surface area contributed by atoms with Crippen LogP contribution < -0.4 is 5.73 Å². The Kier molecular flexibility index (Phi) is 5.82. The average Bonchev–Trinajstić information content (AvgIpc) is 2.03. The normalized spacial score (nSPS) is 12.2. The molecule has 0 rings (SSSR count). The molecule has 0 amide bonds. The van der Waals surface area contributed by atoms with Gasteiger partial charge < -0.3 is 20.3 Å². The van der Waals surface area contributed by atoms with Crippen LogP contribution in [0.1, 0.15) is 6.42 Å². The van der Waals surface area contributed by atoms with Crippen LogP contribution in [0.4, 0.5) is 0 Å². The first kappa shape index (κ1) is 11.9. The molecule has 1 atom stereocenters. The average molecular weight is 191 g/mol. The van der Waals surface area contributed by atoms with E-state index in [1.165, 1.54) is 7.11 Å². The van der Waals surface area contributed by atoms with Gasteiger partial charge in [0.15, 0.2) is 0 Å². The molecule has 0 heterocycles. The fraction of sp³-hybridized carbons (Fsp3) is 0.714. The highest BCUT2D eigenvalue weighted by atomic mass is 16.6. The first-order valence-electron chi connectivity index (χ1n) is 3.71. The second-order valence-electron chi connectivity index (χ2n) is 2.36. The first-order chi connectivity index (χ1) is 6.07. The van der Waals surface area contributed by atoms with Crippen molar-refractivity contribution in [2.75, 3.05) is 20.3 Å². The van der Waals surface area contributed by atoms with E-state index in [1.54, 1.807) is 0 Å². The van der Waals surface area contributed by atoms with Crippen molar-refractivity contribution in [3.63, 3.8) is 0 Å². The van der Waals surface area contributed by atoms with Crippen LogP contribution in [0.3, 0.4) is 0 Å². The first-order valence-corrected chi connectivity index (χ1v) is 3.71. The Morgan fingerprint density at radius 3 is 2.54 bits per heavy atom. The Morgan fingerprint density at radius 1 is 1.46 bits per heavy atom. The summed E-state index contributed by atoms with van der Waals surface area (Å²) in [4.78, 5) is 21.0. The summed E-state index contributed by atoms with van der Waals surface area (Å²) in [5, 5.41) is 8.29. The molecule has 0 fully saturated rings. The van der Waals surface area contributed by atoms with E-state index < -0.39 is 24.4 Å². The summed E-state index contributed by atoms with van der Waals surface area (Å²) in [7, 11) is 1.46. The fourth-order valence-electron chi connectivity index (χ4n) is 0.604. The Labute approximate surface area is 75.6 Å². The van der Waals surface area contributed by atoms with Gasteiger partial charge in [0.1, 0.15) is 12.6 Å². The van der Waals surface area contributed by atoms with Crippen LogP contribution in [-0.4, -0.2) is 43.4 Å². The third-order valence-electron chi connectivity index (χ3n) is 1.23. The van der Waals surface area contributed by atoms with Crippen LogP contribution in [0.25, 0.3) is 0 Å². The number of carbonyl (C=O) groups excluding carboxylic acids is 1. The predicted molar refractivity (Wildman–Crippen MR) is 43.1 cm³/mol. The van der Waals surface area contributed by atoms with E-state index >= 15 is 0 Å². The van der Waals surface area contributed by atoms with Crippen molar-refractivity contribution < 1.29 is 24.2 Å². The number of esters is 1. The summed E-state index contributed by atoms with van der Waals surface area (Å²) in [5.74, 6) is -1.85. The maximum Gasteiger partial charge on any atom is 0.323 e. The zero-order valence-corrected chi connectivity index (χ0v) is 7.36. The van der Waals surface area contributed by atoms with Gasteiger partial charge in [0, 0.05) is 7.11 Å². The zero-order valence-electron chi connectivity index (χ0n) is 7.36. The number of hydrogen-bond donors (Lipinski definition) is 2. The van der Waals surface area contributed by atoms with Crippen molar-refractivity contribution in [1.82, 2.24) is 0 Å². The molecule has 0 aromatic carbocycles. The van der Waals surface area contributed by atoms with Gasteiger partial charge in [0.05, 0.1) is 13.0 Å². The Balaban J connectivity index is 3.63. The van der Waals surface area contributed by atoms with Crippen molar-refractivity contribution in [2.24, 2.45) is 5.73 Å². The topological polar surface area (TPSA) is 98.9 Å². The lowest BCUT2D eigenvalue weighted by atomic mass is 10.2. The van der Waals surface area contributed by atoms with Crippen LogP contribution in [0.2, 0.25) is 0 Å². The molecular formula is C7H13NO5. The van der Waals surface area contributed by atoms with Gasteiger partial charge in [0.25, 0.3) is 0 Å². The SMILES string of the molecule is COCCOC(=O)[C@@H](N)CC(=O)O. The highest BCUT2D eigenvalue weighted by Gasteiger charge is 2.17. The third kappa shape index (κ3) is 6.06. The van der Waals surface area contributed by atoms with Gasteiger partial charge in [-0.25, -0.2) is 0 Å². The van der Waals surface area contributed by atoms with Gasteiger partial charge in [0.2, 0.25) is 0 Å². The lowest BCUT2D eigenvalue weighted by Gasteiger charge is -2.08. The van der Waals surface area contributed by atoms with E-state index in [2.05, 4.69) is 9.47 Å². The van der Waals surface area contributed by atoms with Crippen molar-refractivity contribution in [3.05, 3.63) is 0 Å². The fourth-order valence-corrected chi connectivity index (χ4v) is 0.604. The van der Waals surface area contributed by atoms with Crippen molar-refractivity contribution in [3.8, 4) is 0 Å². The third-order valence-corrected chi connectivity index (χ3v) is 1.23. The Morgan fingerprint density at radius 2 is 2.08 bits per heavy atom. The van der Waals surface area contributed by atoms with E-state index in [4.69, 9.17) is 10.8 Å². The van der Waals surface area contributed by atoms with Gasteiger partial charge in [-0.3, -0.25) is 9.59 Å². The summed E-state index contributed by atoms with van der Waals surface area (Å²) < 4.78 is 9.21. The molecule has 13 heavy (non-hydrogen) atoms. The maximum atomic E-state index is 10.9. The molecule has 0 aliphatic rings. The van der Waals surface area contributed by atoms with E-state index in [0.717, 1.165) is 0 Å². The summed E-state index contributed by atoms with van der Waals surface area (Å²) in [6.07, 6.45) is -0.425. The minimum atomic E-state index is -1.13. The van der Waals surface area contributed by atoms with Gasteiger partial charge in [-0.15, -0.1) is 0 Å². The quantitative estimate of drug-likeness (QED) is 0.411.